The van der Waals surface area contributed by atoms with Gasteiger partial charge in [-0.25, -0.2) is 13.6 Å². The first kappa shape index (κ1) is 19.2. The lowest BCUT2D eigenvalue weighted by Crippen LogP contribution is -2.14. The molecule has 9 heteroatoms. The summed E-state index contributed by atoms with van der Waals surface area (Å²) >= 11 is 0. The Labute approximate surface area is 167 Å². The van der Waals surface area contributed by atoms with Gasteiger partial charge >= 0.3 is 0 Å². The first-order valence-corrected chi connectivity index (χ1v) is 10.5. The number of rotatable bonds is 6. The van der Waals surface area contributed by atoms with Crippen molar-refractivity contribution in [2.45, 2.75) is 24.8 Å². The number of ether oxygens (including phenoxy) is 1. The maximum Gasteiger partial charge on any atom is 0.241 e. The van der Waals surface area contributed by atoms with Crippen LogP contribution in [0.5, 0.6) is 5.75 Å². The molecular weight excluding hydrogens is 392 g/mol. The van der Waals surface area contributed by atoms with Crippen LogP contribution in [0.4, 0.5) is 0 Å². The third-order valence-corrected chi connectivity index (χ3v) is 5.64. The molecule has 0 aliphatic rings. The van der Waals surface area contributed by atoms with E-state index in [4.69, 9.17) is 14.4 Å². The van der Waals surface area contributed by atoms with Gasteiger partial charge in [0.2, 0.25) is 10.0 Å². The first-order chi connectivity index (χ1) is 13.9. The van der Waals surface area contributed by atoms with E-state index in [0.717, 1.165) is 16.5 Å². The molecule has 0 fully saturated rings. The predicted octanol–water partition coefficient (Wildman–Crippen LogP) is 2.96. The summed E-state index contributed by atoms with van der Waals surface area (Å²) in [6, 6.07) is 11.0. The van der Waals surface area contributed by atoms with Crippen molar-refractivity contribution in [1.29, 1.82) is 0 Å². The topological polar surface area (TPSA) is 113 Å². The number of hydrogen-bond acceptors (Lipinski definition) is 6. The number of aromatic nitrogens is 3. The van der Waals surface area contributed by atoms with Gasteiger partial charge in [-0.1, -0.05) is 18.1 Å². The van der Waals surface area contributed by atoms with Crippen LogP contribution >= 0.6 is 0 Å². The van der Waals surface area contributed by atoms with Crippen molar-refractivity contribution < 1.29 is 17.7 Å². The molecule has 0 amide bonds. The molecule has 0 saturated heterocycles. The van der Waals surface area contributed by atoms with Gasteiger partial charge in [-0.2, -0.15) is 5.10 Å². The highest BCUT2D eigenvalue weighted by molar-refractivity contribution is 7.89. The largest absolute Gasteiger partial charge is 0.495 e. The standard InChI is InChI=1S/C20H20N4O4S/c1-3-13-9-16(20(27-2)18(11-13)29(21,25)26)19-15-10-14(5-6-17(15)28-23-19)12-24-8-4-7-22-24/h4-11H,3,12H2,1-2H3,(H2,21,25,26). The van der Waals surface area contributed by atoms with Crippen molar-refractivity contribution in [3.8, 4) is 17.0 Å². The minimum atomic E-state index is -3.98. The van der Waals surface area contributed by atoms with Crippen LogP contribution in [-0.4, -0.2) is 30.5 Å². The monoisotopic (exact) mass is 412 g/mol. The molecule has 4 rings (SSSR count). The van der Waals surface area contributed by atoms with Crippen LogP contribution in [-0.2, 0) is 23.0 Å². The fourth-order valence-electron chi connectivity index (χ4n) is 3.32. The molecule has 0 spiro atoms. The summed E-state index contributed by atoms with van der Waals surface area (Å²) < 4.78 is 37.0. The zero-order chi connectivity index (χ0) is 20.6. The smallest absolute Gasteiger partial charge is 0.241 e. The van der Waals surface area contributed by atoms with Crippen molar-refractivity contribution in [3.05, 3.63) is 59.9 Å². The Balaban J connectivity index is 1.92. The molecule has 29 heavy (non-hydrogen) atoms. The third kappa shape index (κ3) is 3.62. The van der Waals surface area contributed by atoms with Crippen molar-refractivity contribution in [2.75, 3.05) is 7.11 Å². The zero-order valence-electron chi connectivity index (χ0n) is 16.0. The van der Waals surface area contributed by atoms with E-state index in [1.54, 1.807) is 6.20 Å². The molecule has 2 aromatic carbocycles. The first-order valence-electron chi connectivity index (χ1n) is 9.00. The average Bonchev–Trinajstić information content (AvgIpc) is 3.35. The van der Waals surface area contributed by atoms with E-state index in [1.165, 1.54) is 13.2 Å². The fraction of sp³-hybridized carbons (Fsp3) is 0.200. The number of primary sulfonamides is 1. The summed E-state index contributed by atoms with van der Waals surface area (Å²) in [4.78, 5) is -0.0711. The predicted molar refractivity (Wildman–Crippen MR) is 108 cm³/mol. The van der Waals surface area contributed by atoms with E-state index < -0.39 is 10.0 Å². The number of sulfonamides is 1. The maximum absolute atomic E-state index is 12.1. The summed E-state index contributed by atoms with van der Waals surface area (Å²) in [7, 11) is -2.58. The number of aryl methyl sites for hydroxylation is 1. The Morgan fingerprint density at radius 1 is 1.21 bits per heavy atom. The van der Waals surface area contributed by atoms with E-state index in [2.05, 4.69) is 10.3 Å². The van der Waals surface area contributed by atoms with Gasteiger partial charge in [0, 0.05) is 18.0 Å². The van der Waals surface area contributed by atoms with Crippen LogP contribution in [0.2, 0.25) is 0 Å². The molecule has 0 saturated carbocycles. The van der Waals surface area contributed by atoms with Gasteiger partial charge in [0.1, 0.15) is 16.3 Å². The average molecular weight is 412 g/mol. The quantitative estimate of drug-likeness (QED) is 0.521. The van der Waals surface area contributed by atoms with Crippen LogP contribution in [0.3, 0.4) is 0 Å². The molecule has 2 aromatic heterocycles. The highest BCUT2D eigenvalue weighted by atomic mass is 32.2. The van der Waals surface area contributed by atoms with E-state index in [9.17, 15) is 8.42 Å². The van der Waals surface area contributed by atoms with Crippen molar-refractivity contribution >= 4 is 21.0 Å². The molecule has 0 bridgehead atoms. The zero-order valence-corrected chi connectivity index (χ0v) is 16.8. The van der Waals surface area contributed by atoms with E-state index in [1.807, 2.05) is 48.1 Å². The summed E-state index contributed by atoms with van der Waals surface area (Å²) in [6.45, 7) is 2.52. The van der Waals surface area contributed by atoms with Gasteiger partial charge in [0.25, 0.3) is 0 Å². The summed E-state index contributed by atoms with van der Waals surface area (Å²) in [5.41, 5.74) is 3.41. The van der Waals surface area contributed by atoms with Gasteiger partial charge in [-0.15, -0.1) is 0 Å². The lowest BCUT2D eigenvalue weighted by atomic mass is 10.0. The maximum atomic E-state index is 12.1. The molecule has 150 valence electrons. The highest BCUT2D eigenvalue weighted by Crippen LogP contribution is 2.39. The molecule has 8 nitrogen and oxygen atoms in total. The van der Waals surface area contributed by atoms with Crippen molar-refractivity contribution in [2.24, 2.45) is 5.14 Å². The number of nitrogens with zero attached hydrogens (tertiary/aromatic N) is 3. The van der Waals surface area contributed by atoms with Gasteiger partial charge < -0.3 is 9.26 Å². The van der Waals surface area contributed by atoms with Crippen LogP contribution < -0.4 is 9.88 Å². The Morgan fingerprint density at radius 2 is 2.03 bits per heavy atom. The minimum Gasteiger partial charge on any atom is -0.495 e. The second-order valence-corrected chi connectivity index (χ2v) is 8.17. The molecule has 2 heterocycles. The molecule has 0 atom stereocenters. The summed E-state index contributed by atoms with van der Waals surface area (Å²) in [6.07, 6.45) is 4.23. The minimum absolute atomic E-state index is 0.0711. The molecule has 0 aliphatic heterocycles. The molecule has 4 aromatic rings. The third-order valence-electron chi connectivity index (χ3n) is 4.73. The van der Waals surface area contributed by atoms with Crippen LogP contribution in [0.15, 0.2) is 58.2 Å². The summed E-state index contributed by atoms with van der Waals surface area (Å²) in [5, 5.41) is 14.6. The molecule has 0 aliphatic carbocycles. The van der Waals surface area contributed by atoms with Gasteiger partial charge in [-0.3, -0.25) is 4.68 Å². The molecule has 2 N–H and O–H groups in total. The highest BCUT2D eigenvalue weighted by Gasteiger charge is 2.24. The fourth-order valence-corrected chi connectivity index (χ4v) is 4.09. The van der Waals surface area contributed by atoms with E-state index in [-0.39, 0.29) is 10.6 Å². The second-order valence-electron chi connectivity index (χ2n) is 6.64. The van der Waals surface area contributed by atoms with E-state index in [0.29, 0.717) is 29.8 Å². The number of methoxy groups -OCH3 is 1. The SMILES string of the molecule is CCc1cc(-c2noc3ccc(Cn4cccn4)cc23)c(OC)c(S(N)(=O)=O)c1. The van der Waals surface area contributed by atoms with Gasteiger partial charge in [0.15, 0.2) is 5.58 Å². The van der Waals surface area contributed by atoms with Crippen LogP contribution in [0.25, 0.3) is 22.2 Å². The Kier molecular flexibility index (Phi) is 4.85. The van der Waals surface area contributed by atoms with Gasteiger partial charge in [0.05, 0.1) is 19.0 Å². The van der Waals surface area contributed by atoms with Crippen LogP contribution in [0, 0.1) is 0 Å². The second kappa shape index (κ2) is 7.34. The van der Waals surface area contributed by atoms with Crippen molar-refractivity contribution in [3.63, 3.8) is 0 Å². The molecular formula is C20H20N4O4S. The number of nitrogens with two attached hydrogens (primary N) is 1. The Hall–Kier alpha value is -3.17. The van der Waals surface area contributed by atoms with Crippen LogP contribution in [0.1, 0.15) is 18.1 Å². The Bertz CT molecular complexity index is 1280. The van der Waals surface area contributed by atoms with E-state index >= 15 is 0 Å². The summed E-state index contributed by atoms with van der Waals surface area (Å²) in [5.74, 6) is 0.150. The lowest BCUT2D eigenvalue weighted by molar-refractivity contribution is 0.403. The van der Waals surface area contributed by atoms with Gasteiger partial charge in [-0.05, 0) is 47.9 Å². The normalized spacial score (nSPS) is 11.8. The number of fused-ring (bicyclic) bond motifs is 1. The Morgan fingerprint density at radius 3 is 2.69 bits per heavy atom. The lowest BCUT2D eigenvalue weighted by Gasteiger charge is -2.13. The van der Waals surface area contributed by atoms with Crippen molar-refractivity contribution in [1.82, 2.24) is 14.9 Å². The number of benzene rings is 2. The molecule has 0 unspecified atom stereocenters. The number of hydrogen-bond donors (Lipinski definition) is 1. The molecule has 0 radical (unpaired) electrons.